The summed E-state index contributed by atoms with van der Waals surface area (Å²) in [5.41, 5.74) is 2.29. The summed E-state index contributed by atoms with van der Waals surface area (Å²) in [7, 11) is 0. The minimum atomic E-state index is -0.487. The van der Waals surface area contributed by atoms with E-state index < -0.39 is 5.91 Å². The van der Waals surface area contributed by atoms with Gasteiger partial charge in [0.25, 0.3) is 5.91 Å². The Morgan fingerprint density at radius 3 is 2.48 bits per heavy atom. The lowest BCUT2D eigenvalue weighted by molar-refractivity contribution is 0.102. The number of amides is 2. The normalized spacial score (nSPS) is 13.1. The minimum absolute atomic E-state index is 0.0778. The molecule has 31 heavy (non-hydrogen) atoms. The summed E-state index contributed by atoms with van der Waals surface area (Å²) in [6, 6.07) is 11.0. The number of aromatic hydroxyl groups is 1. The van der Waals surface area contributed by atoms with E-state index in [4.69, 9.17) is 23.2 Å². The van der Waals surface area contributed by atoms with E-state index in [1.165, 1.54) is 10.7 Å². The highest BCUT2D eigenvalue weighted by Crippen LogP contribution is 2.42. The van der Waals surface area contributed by atoms with Gasteiger partial charge in [0.05, 0.1) is 27.0 Å². The third-order valence-electron chi connectivity index (χ3n) is 4.97. The first kappa shape index (κ1) is 21.2. The number of nitrogens with zero attached hydrogens (tertiary/aromatic N) is 2. The van der Waals surface area contributed by atoms with E-state index in [1.807, 2.05) is 13.0 Å². The van der Waals surface area contributed by atoms with Crippen molar-refractivity contribution < 1.29 is 14.7 Å². The zero-order valence-corrected chi connectivity index (χ0v) is 18.2. The van der Waals surface area contributed by atoms with Gasteiger partial charge in [0.15, 0.2) is 0 Å². The maximum atomic E-state index is 12.6. The van der Waals surface area contributed by atoms with Crippen molar-refractivity contribution in [3.63, 3.8) is 0 Å². The molecule has 4 rings (SSSR count). The Kier molecular flexibility index (Phi) is 5.89. The Morgan fingerprint density at radius 1 is 1.16 bits per heavy atom. The molecule has 0 spiro atoms. The van der Waals surface area contributed by atoms with Gasteiger partial charge in [0.2, 0.25) is 0 Å². The number of phenolic OH excluding ortho intramolecular Hbond substituents is 1. The van der Waals surface area contributed by atoms with Gasteiger partial charge >= 0.3 is 6.03 Å². The van der Waals surface area contributed by atoms with Crippen LogP contribution in [0.5, 0.6) is 5.75 Å². The first-order chi connectivity index (χ1) is 14.9. The lowest BCUT2D eigenvalue weighted by atomic mass is 10.1. The maximum absolute atomic E-state index is 12.6. The highest BCUT2D eigenvalue weighted by molar-refractivity contribution is 6.40. The quantitative estimate of drug-likeness (QED) is 0.484. The predicted octanol–water partition coefficient (Wildman–Crippen LogP) is 5.27. The van der Waals surface area contributed by atoms with Crippen molar-refractivity contribution >= 4 is 40.8 Å². The van der Waals surface area contributed by atoms with E-state index in [1.54, 1.807) is 30.3 Å². The Morgan fingerprint density at radius 2 is 1.87 bits per heavy atom. The molecule has 2 aromatic carbocycles. The Bertz CT molecular complexity index is 1150. The van der Waals surface area contributed by atoms with Crippen molar-refractivity contribution in [2.75, 3.05) is 11.9 Å². The van der Waals surface area contributed by atoms with Crippen molar-refractivity contribution in [2.45, 2.75) is 25.7 Å². The van der Waals surface area contributed by atoms with Crippen LogP contribution in [0.2, 0.25) is 10.0 Å². The Labute approximate surface area is 189 Å². The van der Waals surface area contributed by atoms with E-state index in [-0.39, 0.29) is 27.4 Å². The maximum Gasteiger partial charge on any atom is 0.342 e. The van der Waals surface area contributed by atoms with Crippen molar-refractivity contribution in [3.05, 3.63) is 63.8 Å². The summed E-state index contributed by atoms with van der Waals surface area (Å²) in [6.45, 7) is 2.33. The Hall–Kier alpha value is -3.03. The van der Waals surface area contributed by atoms with Crippen molar-refractivity contribution in [1.82, 2.24) is 15.1 Å². The molecule has 1 fully saturated rings. The summed E-state index contributed by atoms with van der Waals surface area (Å²) in [5.74, 6) is -0.268. The molecule has 1 aliphatic carbocycles. The van der Waals surface area contributed by atoms with Crippen molar-refractivity contribution in [1.29, 1.82) is 0 Å². The average molecular weight is 459 g/mol. The summed E-state index contributed by atoms with van der Waals surface area (Å²) in [4.78, 5) is 24.9. The van der Waals surface area contributed by atoms with Crippen LogP contribution in [-0.2, 0) is 0 Å². The van der Waals surface area contributed by atoms with Crippen LogP contribution in [0.1, 0.15) is 41.7 Å². The molecule has 9 heteroatoms. The number of carbonyl (C=O) groups is 2. The van der Waals surface area contributed by atoms with Crippen LogP contribution in [0, 0.1) is 0 Å². The molecule has 2 amide bonds. The second-order valence-electron chi connectivity index (χ2n) is 7.26. The SMILES string of the molecule is CCNC(=O)n1nc(-c2ccc(NC(=O)c3c(Cl)cccc3Cl)cc2O)cc1C1CC1. The number of rotatable bonds is 5. The molecule has 3 aromatic rings. The number of nitrogens with one attached hydrogen (secondary N) is 2. The zero-order chi connectivity index (χ0) is 22.1. The summed E-state index contributed by atoms with van der Waals surface area (Å²) in [6.07, 6.45) is 2.01. The fourth-order valence-corrected chi connectivity index (χ4v) is 3.89. The number of anilines is 1. The third-order valence-corrected chi connectivity index (χ3v) is 5.60. The van der Waals surface area contributed by atoms with Crippen molar-refractivity contribution in [2.24, 2.45) is 0 Å². The monoisotopic (exact) mass is 458 g/mol. The van der Waals surface area contributed by atoms with Crippen LogP contribution in [-0.4, -0.2) is 33.4 Å². The summed E-state index contributed by atoms with van der Waals surface area (Å²) in [5, 5.41) is 20.9. The van der Waals surface area contributed by atoms with Gasteiger partial charge in [-0.3, -0.25) is 4.79 Å². The van der Waals surface area contributed by atoms with Crippen LogP contribution in [0.4, 0.5) is 10.5 Å². The number of carbonyl (C=O) groups excluding carboxylic acids is 2. The summed E-state index contributed by atoms with van der Waals surface area (Å²) < 4.78 is 1.37. The lowest BCUT2D eigenvalue weighted by Crippen LogP contribution is -2.30. The molecule has 3 N–H and O–H groups in total. The van der Waals surface area contributed by atoms with Gasteiger partial charge in [-0.05, 0) is 50.1 Å². The third kappa shape index (κ3) is 4.38. The van der Waals surface area contributed by atoms with Gasteiger partial charge in [0.1, 0.15) is 5.75 Å². The molecule has 0 atom stereocenters. The molecule has 0 radical (unpaired) electrons. The van der Waals surface area contributed by atoms with E-state index in [9.17, 15) is 14.7 Å². The van der Waals surface area contributed by atoms with Crippen LogP contribution >= 0.6 is 23.2 Å². The summed E-state index contributed by atoms with van der Waals surface area (Å²) >= 11 is 12.2. The number of phenols is 1. The van der Waals surface area contributed by atoms with Crippen LogP contribution in [0.15, 0.2) is 42.5 Å². The van der Waals surface area contributed by atoms with Gasteiger partial charge in [-0.25, -0.2) is 4.79 Å². The fraction of sp³-hybridized carbons (Fsp3) is 0.227. The van der Waals surface area contributed by atoms with Gasteiger partial charge in [-0.1, -0.05) is 29.3 Å². The molecule has 1 aromatic heterocycles. The largest absolute Gasteiger partial charge is 0.507 e. The molecule has 0 unspecified atom stereocenters. The molecule has 160 valence electrons. The standard InChI is InChI=1S/C22H20Cl2N4O3/c1-2-25-22(31)28-18(12-6-7-12)11-17(27-28)14-9-8-13(10-19(14)29)26-21(30)20-15(23)4-3-5-16(20)24/h3-5,8-12,29H,2,6-7H2,1H3,(H,25,31)(H,26,30). The van der Waals surface area contributed by atoms with Gasteiger partial charge in [-0.15, -0.1) is 0 Å². The molecular weight excluding hydrogens is 439 g/mol. The topological polar surface area (TPSA) is 96.3 Å². The molecular formula is C22H20Cl2N4O3. The smallest absolute Gasteiger partial charge is 0.342 e. The minimum Gasteiger partial charge on any atom is -0.507 e. The first-order valence-corrected chi connectivity index (χ1v) is 10.6. The first-order valence-electron chi connectivity index (χ1n) is 9.86. The fourth-order valence-electron chi connectivity index (χ4n) is 3.32. The lowest BCUT2D eigenvalue weighted by Gasteiger charge is -2.10. The van der Waals surface area contributed by atoms with E-state index >= 15 is 0 Å². The number of benzene rings is 2. The Balaban J connectivity index is 1.60. The number of halogens is 2. The molecule has 0 saturated heterocycles. The number of aromatic nitrogens is 2. The number of hydrogen-bond donors (Lipinski definition) is 3. The van der Waals surface area contributed by atoms with Crippen LogP contribution in [0.25, 0.3) is 11.3 Å². The van der Waals surface area contributed by atoms with E-state index in [2.05, 4.69) is 15.7 Å². The predicted molar refractivity (Wildman–Crippen MR) is 120 cm³/mol. The molecule has 0 aliphatic heterocycles. The zero-order valence-electron chi connectivity index (χ0n) is 16.7. The van der Waals surface area contributed by atoms with Crippen molar-refractivity contribution in [3.8, 4) is 17.0 Å². The highest BCUT2D eigenvalue weighted by atomic mass is 35.5. The second-order valence-corrected chi connectivity index (χ2v) is 8.07. The number of hydrogen-bond acceptors (Lipinski definition) is 4. The van der Waals surface area contributed by atoms with Gasteiger partial charge in [-0.2, -0.15) is 9.78 Å². The molecule has 0 bridgehead atoms. The van der Waals surface area contributed by atoms with E-state index in [0.717, 1.165) is 18.5 Å². The highest BCUT2D eigenvalue weighted by Gasteiger charge is 2.30. The molecule has 1 saturated carbocycles. The van der Waals surface area contributed by atoms with Gasteiger partial charge in [0, 0.05) is 29.8 Å². The molecule has 1 aliphatic rings. The molecule has 1 heterocycles. The average Bonchev–Trinajstić information content (AvgIpc) is 3.47. The van der Waals surface area contributed by atoms with Gasteiger partial charge < -0.3 is 15.7 Å². The van der Waals surface area contributed by atoms with E-state index in [0.29, 0.717) is 29.4 Å². The second kappa shape index (κ2) is 8.61. The van der Waals surface area contributed by atoms with Crippen LogP contribution < -0.4 is 10.6 Å². The van der Waals surface area contributed by atoms with Crippen LogP contribution in [0.3, 0.4) is 0 Å². The molecule has 7 nitrogen and oxygen atoms in total.